The smallest absolute Gasteiger partial charge is 0.125 e. The second kappa shape index (κ2) is 3.59. The number of benzene rings is 1. The number of rotatable bonds is 0. The molecule has 1 aliphatic rings. The van der Waals surface area contributed by atoms with E-state index in [1.807, 2.05) is 6.07 Å². The van der Waals surface area contributed by atoms with Crippen molar-refractivity contribution in [3.05, 3.63) is 35.3 Å². The standard InChI is InChI=1S/C13H15FN2/c1-8-7-15-5-4-11-10-3-2-9(14)6-12(10)16-13(8)11/h2-3,6,8,15-16H,4-5,7H2,1H3. The van der Waals surface area contributed by atoms with Gasteiger partial charge in [-0.1, -0.05) is 6.92 Å². The van der Waals surface area contributed by atoms with Gasteiger partial charge in [-0.05, 0) is 36.7 Å². The van der Waals surface area contributed by atoms with Crippen LogP contribution in [0.2, 0.25) is 0 Å². The van der Waals surface area contributed by atoms with Crippen LogP contribution in [0.1, 0.15) is 24.1 Å². The van der Waals surface area contributed by atoms with Gasteiger partial charge in [0.1, 0.15) is 5.82 Å². The molecule has 3 rings (SSSR count). The van der Waals surface area contributed by atoms with E-state index in [0.29, 0.717) is 5.92 Å². The van der Waals surface area contributed by atoms with E-state index < -0.39 is 0 Å². The molecular formula is C13H15FN2. The van der Waals surface area contributed by atoms with Gasteiger partial charge in [0.25, 0.3) is 0 Å². The lowest BCUT2D eigenvalue weighted by atomic mass is 10.0. The van der Waals surface area contributed by atoms with Crippen LogP contribution in [0.15, 0.2) is 18.2 Å². The first-order valence-corrected chi connectivity index (χ1v) is 5.76. The molecule has 1 atom stereocenters. The van der Waals surface area contributed by atoms with Gasteiger partial charge in [0, 0.05) is 29.1 Å². The fourth-order valence-electron chi connectivity index (χ4n) is 2.57. The lowest BCUT2D eigenvalue weighted by Gasteiger charge is -2.07. The fraction of sp³-hybridized carbons (Fsp3) is 0.385. The molecule has 1 aromatic carbocycles. The molecule has 2 heterocycles. The van der Waals surface area contributed by atoms with Gasteiger partial charge < -0.3 is 10.3 Å². The van der Waals surface area contributed by atoms with E-state index in [-0.39, 0.29) is 5.82 Å². The van der Waals surface area contributed by atoms with Crippen LogP contribution in [0.3, 0.4) is 0 Å². The van der Waals surface area contributed by atoms with Crippen LogP contribution in [0.4, 0.5) is 4.39 Å². The predicted octanol–water partition coefficient (Wildman–Crippen LogP) is 2.56. The van der Waals surface area contributed by atoms with E-state index in [0.717, 1.165) is 25.0 Å². The number of hydrogen-bond donors (Lipinski definition) is 2. The van der Waals surface area contributed by atoms with E-state index in [1.165, 1.54) is 16.6 Å². The Bertz CT molecular complexity index is 530. The molecule has 0 saturated carbocycles. The molecule has 1 aromatic heterocycles. The summed E-state index contributed by atoms with van der Waals surface area (Å²) in [6.07, 6.45) is 1.02. The minimum absolute atomic E-state index is 0.172. The molecule has 0 spiro atoms. The largest absolute Gasteiger partial charge is 0.358 e. The van der Waals surface area contributed by atoms with Crippen molar-refractivity contribution in [3.8, 4) is 0 Å². The average molecular weight is 218 g/mol. The minimum atomic E-state index is -0.172. The number of aromatic amines is 1. The van der Waals surface area contributed by atoms with Gasteiger partial charge in [0.2, 0.25) is 0 Å². The Kier molecular flexibility index (Phi) is 2.21. The molecule has 1 unspecified atom stereocenters. The second-order valence-corrected chi connectivity index (χ2v) is 4.56. The number of fused-ring (bicyclic) bond motifs is 3. The third-order valence-corrected chi connectivity index (χ3v) is 3.40. The summed E-state index contributed by atoms with van der Waals surface area (Å²) < 4.78 is 13.1. The Labute approximate surface area is 93.9 Å². The Hall–Kier alpha value is -1.35. The maximum atomic E-state index is 13.1. The van der Waals surface area contributed by atoms with Gasteiger partial charge in [0.05, 0.1) is 0 Å². The highest BCUT2D eigenvalue weighted by molar-refractivity contribution is 5.85. The molecular weight excluding hydrogens is 203 g/mol. The molecule has 84 valence electrons. The Balaban J connectivity index is 2.25. The molecule has 3 heteroatoms. The molecule has 0 amide bonds. The SMILES string of the molecule is CC1CNCCc2c1[nH]c1cc(F)ccc21. The Morgan fingerprint density at radius 3 is 3.12 bits per heavy atom. The molecule has 0 saturated heterocycles. The third-order valence-electron chi connectivity index (χ3n) is 3.40. The molecule has 2 N–H and O–H groups in total. The summed E-state index contributed by atoms with van der Waals surface area (Å²) in [7, 11) is 0. The van der Waals surface area contributed by atoms with Crippen LogP contribution in [-0.4, -0.2) is 18.1 Å². The van der Waals surface area contributed by atoms with E-state index in [2.05, 4.69) is 17.2 Å². The van der Waals surface area contributed by atoms with Crippen molar-refractivity contribution in [2.24, 2.45) is 0 Å². The number of aromatic nitrogens is 1. The predicted molar refractivity (Wildman–Crippen MR) is 63.2 cm³/mol. The summed E-state index contributed by atoms with van der Waals surface area (Å²) in [4.78, 5) is 3.37. The van der Waals surface area contributed by atoms with Crippen molar-refractivity contribution in [2.45, 2.75) is 19.3 Å². The van der Waals surface area contributed by atoms with E-state index in [4.69, 9.17) is 0 Å². The zero-order chi connectivity index (χ0) is 11.1. The van der Waals surface area contributed by atoms with Gasteiger partial charge in [-0.2, -0.15) is 0 Å². The topological polar surface area (TPSA) is 27.8 Å². The average Bonchev–Trinajstić information content (AvgIpc) is 2.52. The quantitative estimate of drug-likeness (QED) is 0.698. The molecule has 2 nitrogen and oxygen atoms in total. The Morgan fingerprint density at radius 2 is 2.25 bits per heavy atom. The highest BCUT2D eigenvalue weighted by Crippen LogP contribution is 2.29. The third kappa shape index (κ3) is 1.43. The first-order valence-electron chi connectivity index (χ1n) is 5.76. The summed E-state index contributed by atoms with van der Waals surface area (Å²) in [6.45, 7) is 4.19. The maximum Gasteiger partial charge on any atom is 0.125 e. The van der Waals surface area contributed by atoms with Crippen LogP contribution < -0.4 is 5.32 Å². The van der Waals surface area contributed by atoms with Crippen molar-refractivity contribution in [1.82, 2.24) is 10.3 Å². The van der Waals surface area contributed by atoms with Crippen LogP contribution in [-0.2, 0) is 6.42 Å². The van der Waals surface area contributed by atoms with Crippen molar-refractivity contribution < 1.29 is 4.39 Å². The normalized spacial score (nSPS) is 20.8. The van der Waals surface area contributed by atoms with Crippen LogP contribution in [0.5, 0.6) is 0 Å². The molecule has 0 bridgehead atoms. The first kappa shape index (κ1) is 9.85. The Morgan fingerprint density at radius 1 is 1.38 bits per heavy atom. The van der Waals surface area contributed by atoms with Crippen LogP contribution in [0, 0.1) is 5.82 Å². The van der Waals surface area contributed by atoms with Crippen LogP contribution in [0.25, 0.3) is 10.9 Å². The zero-order valence-electron chi connectivity index (χ0n) is 9.31. The van der Waals surface area contributed by atoms with Gasteiger partial charge in [-0.25, -0.2) is 4.39 Å². The first-order chi connectivity index (χ1) is 7.75. The lowest BCUT2D eigenvalue weighted by molar-refractivity contribution is 0.628. The number of hydrogen-bond acceptors (Lipinski definition) is 1. The van der Waals surface area contributed by atoms with Crippen molar-refractivity contribution >= 4 is 10.9 Å². The van der Waals surface area contributed by atoms with Gasteiger partial charge in [-0.15, -0.1) is 0 Å². The zero-order valence-corrected chi connectivity index (χ0v) is 9.31. The molecule has 0 radical (unpaired) electrons. The fourth-order valence-corrected chi connectivity index (χ4v) is 2.57. The van der Waals surface area contributed by atoms with Gasteiger partial charge in [-0.3, -0.25) is 0 Å². The number of nitrogens with one attached hydrogen (secondary N) is 2. The number of H-pyrrole nitrogens is 1. The highest BCUT2D eigenvalue weighted by Gasteiger charge is 2.19. The van der Waals surface area contributed by atoms with E-state index >= 15 is 0 Å². The molecule has 16 heavy (non-hydrogen) atoms. The summed E-state index contributed by atoms with van der Waals surface area (Å²) in [5.74, 6) is 0.294. The molecule has 2 aromatic rings. The molecule has 0 aliphatic carbocycles. The minimum Gasteiger partial charge on any atom is -0.358 e. The van der Waals surface area contributed by atoms with Gasteiger partial charge in [0.15, 0.2) is 0 Å². The highest BCUT2D eigenvalue weighted by atomic mass is 19.1. The van der Waals surface area contributed by atoms with Crippen LogP contribution >= 0.6 is 0 Å². The molecule has 0 fully saturated rings. The summed E-state index contributed by atoms with van der Waals surface area (Å²) in [6, 6.07) is 5.02. The van der Waals surface area contributed by atoms with Crippen molar-refractivity contribution in [1.29, 1.82) is 0 Å². The number of halogens is 1. The van der Waals surface area contributed by atoms with Crippen molar-refractivity contribution in [2.75, 3.05) is 13.1 Å². The summed E-state index contributed by atoms with van der Waals surface area (Å²) >= 11 is 0. The molecule has 1 aliphatic heterocycles. The monoisotopic (exact) mass is 218 g/mol. The second-order valence-electron chi connectivity index (χ2n) is 4.56. The van der Waals surface area contributed by atoms with E-state index in [9.17, 15) is 4.39 Å². The summed E-state index contributed by atoms with van der Waals surface area (Å²) in [5, 5.41) is 4.59. The van der Waals surface area contributed by atoms with Gasteiger partial charge >= 0.3 is 0 Å². The van der Waals surface area contributed by atoms with E-state index in [1.54, 1.807) is 12.1 Å². The lowest BCUT2D eigenvalue weighted by Crippen LogP contribution is -2.18. The summed E-state index contributed by atoms with van der Waals surface area (Å²) in [5.41, 5.74) is 3.55. The maximum absolute atomic E-state index is 13.1. The van der Waals surface area contributed by atoms with Crippen molar-refractivity contribution in [3.63, 3.8) is 0 Å².